The molecule has 5 rings (SSSR count). The molecule has 32 heavy (non-hydrogen) atoms. The molecule has 0 bridgehead atoms. The Balaban J connectivity index is 1.32. The van der Waals surface area contributed by atoms with Gasteiger partial charge in [-0.15, -0.1) is 0 Å². The summed E-state index contributed by atoms with van der Waals surface area (Å²) >= 11 is 12.2. The standard InChI is InChI=1S/C22H20Cl2N8/c23-14-1-6-17-18(7-8-26-19(17)13-14)27-15-2-4-16(5-3-15)28-21-29-20(24)30-22(31-21)32-11-9-25-10-12-32/h1-8,13,25H,9-12H2,(H,26,27)(H,28,29,30,31). The summed E-state index contributed by atoms with van der Waals surface area (Å²) < 4.78 is 0. The van der Waals surface area contributed by atoms with E-state index >= 15 is 0 Å². The molecule has 2 aromatic heterocycles. The van der Waals surface area contributed by atoms with E-state index in [4.69, 9.17) is 23.2 Å². The number of fused-ring (bicyclic) bond motifs is 1. The molecule has 0 spiro atoms. The summed E-state index contributed by atoms with van der Waals surface area (Å²) in [6.45, 7) is 3.44. The van der Waals surface area contributed by atoms with E-state index in [1.807, 2.05) is 48.5 Å². The SMILES string of the molecule is Clc1ccc2c(Nc3ccc(Nc4nc(Cl)nc(N5CCNCC5)n4)cc3)ccnc2c1. The van der Waals surface area contributed by atoms with E-state index in [9.17, 15) is 0 Å². The third-order valence-electron chi connectivity index (χ3n) is 5.12. The van der Waals surface area contributed by atoms with Crippen molar-refractivity contribution in [2.45, 2.75) is 0 Å². The van der Waals surface area contributed by atoms with Crippen LogP contribution in [-0.2, 0) is 0 Å². The number of piperazine rings is 1. The van der Waals surface area contributed by atoms with Crippen LogP contribution in [0.2, 0.25) is 10.3 Å². The molecule has 1 aliphatic heterocycles. The van der Waals surface area contributed by atoms with E-state index in [-0.39, 0.29) is 5.28 Å². The third-order valence-corrected chi connectivity index (χ3v) is 5.53. The average molecular weight is 467 g/mol. The molecule has 0 unspecified atom stereocenters. The first-order chi connectivity index (χ1) is 15.6. The second-order valence-corrected chi connectivity index (χ2v) is 8.09. The van der Waals surface area contributed by atoms with Gasteiger partial charge >= 0.3 is 0 Å². The second kappa shape index (κ2) is 9.12. The molecule has 4 aromatic rings. The fourth-order valence-electron chi connectivity index (χ4n) is 3.55. The van der Waals surface area contributed by atoms with Crippen molar-refractivity contribution in [1.82, 2.24) is 25.3 Å². The number of nitrogens with one attached hydrogen (secondary N) is 3. The van der Waals surface area contributed by atoms with E-state index in [0.29, 0.717) is 16.9 Å². The zero-order chi connectivity index (χ0) is 21.9. The number of rotatable bonds is 5. The minimum atomic E-state index is 0.166. The lowest BCUT2D eigenvalue weighted by Crippen LogP contribution is -2.44. The van der Waals surface area contributed by atoms with Crippen molar-refractivity contribution >= 4 is 63.1 Å². The topological polar surface area (TPSA) is 90.9 Å². The summed E-state index contributed by atoms with van der Waals surface area (Å²) in [5, 5.41) is 11.8. The fourth-order valence-corrected chi connectivity index (χ4v) is 3.88. The molecular weight excluding hydrogens is 447 g/mol. The molecule has 2 aromatic carbocycles. The van der Waals surface area contributed by atoms with Gasteiger partial charge < -0.3 is 20.9 Å². The number of nitrogens with zero attached hydrogens (tertiary/aromatic N) is 5. The van der Waals surface area contributed by atoms with Crippen LogP contribution in [-0.4, -0.2) is 46.1 Å². The molecule has 1 aliphatic rings. The van der Waals surface area contributed by atoms with Crippen LogP contribution < -0.4 is 20.9 Å². The number of benzene rings is 2. The first kappa shape index (κ1) is 20.7. The zero-order valence-electron chi connectivity index (χ0n) is 17.0. The molecule has 1 fully saturated rings. The first-order valence-corrected chi connectivity index (χ1v) is 11.0. The Hall–Kier alpha value is -3.20. The van der Waals surface area contributed by atoms with Gasteiger partial charge in [0.25, 0.3) is 0 Å². The lowest BCUT2D eigenvalue weighted by atomic mass is 10.2. The van der Waals surface area contributed by atoms with E-state index in [2.05, 4.69) is 40.8 Å². The summed E-state index contributed by atoms with van der Waals surface area (Å²) in [5.41, 5.74) is 3.58. The Morgan fingerprint density at radius 3 is 2.38 bits per heavy atom. The van der Waals surface area contributed by atoms with E-state index < -0.39 is 0 Å². The van der Waals surface area contributed by atoms with Gasteiger partial charge in [0.05, 0.1) is 5.52 Å². The lowest BCUT2D eigenvalue weighted by Gasteiger charge is -2.27. The smallest absolute Gasteiger partial charge is 0.233 e. The van der Waals surface area contributed by atoms with Crippen molar-refractivity contribution in [2.24, 2.45) is 0 Å². The molecular formula is C22H20Cl2N8. The Kier molecular flexibility index (Phi) is 5.89. The minimum absolute atomic E-state index is 0.166. The Bertz CT molecular complexity index is 1240. The summed E-state index contributed by atoms with van der Waals surface area (Å²) in [7, 11) is 0. The van der Waals surface area contributed by atoms with Crippen LogP contribution in [0.5, 0.6) is 0 Å². The second-order valence-electron chi connectivity index (χ2n) is 7.31. The van der Waals surface area contributed by atoms with Gasteiger partial charge in [-0.2, -0.15) is 15.0 Å². The van der Waals surface area contributed by atoms with Crippen molar-refractivity contribution in [3.8, 4) is 0 Å². The molecule has 3 heterocycles. The van der Waals surface area contributed by atoms with Crippen LogP contribution in [0.3, 0.4) is 0 Å². The average Bonchev–Trinajstić information content (AvgIpc) is 2.80. The summed E-state index contributed by atoms with van der Waals surface area (Å²) in [4.78, 5) is 19.5. The summed E-state index contributed by atoms with van der Waals surface area (Å²) in [6.07, 6.45) is 1.76. The van der Waals surface area contributed by atoms with Gasteiger partial charge in [0, 0.05) is 59.8 Å². The monoisotopic (exact) mass is 466 g/mol. The quantitative estimate of drug-likeness (QED) is 0.392. The highest BCUT2D eigenvalue weighted by Crippen LogP contribution is 2.28. The van der Waals surface area contributed by atoms with Crippen LogP contribution in [0.1, 0.15) is 0 Å². The number of anilines is 5. The van der Waals surface area contributed by atoms with Gasteiger partial charge in [-0.3, -0.25) is 4.98 Å². The molecule has 1 saturated heterocycles. The van der Waals surface area contributed by atoms with Crippen LogP contribution in [0.25, 0.3) is 10.9 Å². The van der Waals surface area contributed by atoms with E-state index in [0.717, 1.165) is 54.1 Å². The predicted octanol–water partition coefficient (Wildman–Crippen LogP) is 4.62. The van der Waals surface area contributed by atoms with Gasteiger partial charge in [0.2, 0.25) is 17.2 Å². The number of halogens is 2. The molecule has 3 N–H and O–H groups in total. The predicted molar refractivity (Wildman–Crippen MR) is 130 cm³/mol. The fraction of sp³-hybridized carbons (Fsp3) is 0.182. The van der Waals surface area contributed by atoms with Crippen molar-refractivity contribution in [3.05, 3.63) is 65.0 Å². The lowest BCUT2D eigenvalue weighted by molar-refractivity contribution is 0.579. The van der Waals surface area contributed by atoms with Crippen LogP contribution in [0.4, 0.5) is 29.0 Å². The molecule has 162 valence electrons. The number of pyridine rings is 1. The first-order valence-electron chi connectivity index (χ1n) is 10.2. The van der Waals surface area contributed by atoms with Crippen LogP contribution in [0.15, 0.2) is 54.7 Å². The number of hydrogen-bond donors (Lipinski definition) is 3. The maximum absolute atomic E-state index is 6.14. The van der Waals surface area contributed by atoms with Gasteiger partial charge in [-0.05, 0) is 60.1 Å². The van der Waals surface area contributed by atoms with Crippen molar-refractivity contribution < 1.29 is 0 Å². The third kappa shape index (κ3) is 4.67. The Morgan fingerprint density at radius 2 is 1.59 bits per heavy atom. The van der Waals surface area contributed by atoms with Gasteiger partial charge in [0.15, 0.2) is 0 Å². The van der Waals surface area contributed by atoms with E-state index in [1.54, 1.807) is 6.20 Å². The highest BCUT2D eigenvalue weighted by atomic mass is 35.5. The molecule has 0 saturated carbocycles. The maximum atomic E-state index is 6.14. The molecule has 0 amide bonds. The van der Waals surface area contributed by atoms with Crippen LogP contribution in [0, 0.1) is 0 Å². The van der Waals surface area contributed by atoms with Crippen LogP contribution >= 0.6 is 23.2 Å². The zero-order valence-corrected chi connectivity index (χ0v) is 18.5. The minimum Gasteiger partial charge on any atom is -0.355 e. The van der Waals surface area contributed by atoms with Gasteiger partial charge in [0.1, 0.15) is 0 Å². The van der Waals surface area contributed by atoms with Crippen molar-refractivity contribution in [3.63, 3.8) is 0 Å². The number of aromatic nitrogens is 4. The molecule has 10 heteroatoms. The highest BCUT2D eigenvalue weighted by Gasteiger charge is 2.15. The molecule has 8 nitrogen and oxygen atoms in total. The largest absolute Gasteiger partial charge is 0.355 e. The maximum Gasteiger partial charge on any atom is 0.233 e. The Labute approximate surface area is 195 Å². The molecule has 0 aliphatic carbocycles. The summed E-state index contributed by atoms with van der Waals surface area (Å²) in [6, 6.07) is 15.5. The van der Waals surface area contributed by atoms with Crippen molar-refractivity contribution in [1.29, 1.82) is 0 Å². The molecule has 0 radical (unpaired) electrons. The van der Waals surface area contributed by atoms with Crippen molar-refractivity contribution in [2.75, 3.05) is 41.7 Å². The normalized spacial score (nSPS) is 13.9. The van der Waals surface area contributed by atoms with E-state index in [1.165, 1.54) is 0 Å². The van der Waals surface area contributed by atoms with Gasteiger partial charge in [-0.1, -0.05) is 11.6 Å². The Morgan fingerprint density at radius 1 is 0.844 bits per heavy atom. The van der Waals surface area contributed by atoms with Gasteiger partial charge in [-0.25, -0.2) is 0 Å². The number of hydrogen-bond acceptors (Lipinski definition) is 8. The summed E-state index contributed by atoms with van der Waals surface area (Å²) in [5.74, 6) is 0.994. The highest BCUT2D eigenvalue weighted by molar-refractivity contribution is 6.31. The molecule has 0 atom stereocenters.